The van der Waals surface area contributed by atoms with E-state index in [2.05, 4.69) is 36.8 Å². The lowest BCUT2D eigenvalue weighted by molar-refractivity contribution is 0.233. The molecule has 0 saturated carbocycles. The van der Waals surface area contributed by atoms with Crippen LogP contribution in [0, 0.1) is 19.7 Å². The molecule has 1 aliphatic heterocycles. The van der Waals surface area contributed by atoms with E-state index >= 15 is 0 Å². The van der Waals surface area contributed by atoms with Crippen LogP contribution in [0.5, 0.6) is 0 Å². The number of thiophene rings is 1. The summed E-state index contributed by atoms with van der Waals surface area (Å²) in [6.07, 6.45) is 0.997. The van der Waals surface area contributed by atoms with Gasteiger partial charge in [-0.1, -0.05) is 39.0 Å². The van der Waals surface area contributed by atoms with E-state index in [0.717, 1.165) is 4.88 Å². The number of aromatic nitrogens is 3. The van der Waals surface area contributed by atoms with Gasteiger partial charge in [0.05, 0.1) is 19.2 Å². The summed E-state index contributed by atoms with van der Waals surface area (Å²) in [5, 5.41) is 10.7. The van der Waals surface area contributed by atoms with Gasteiger partial charge in [-0.15, -0.1) is 11.3 Å². The fraction of sp³-hybridized carbons (Fsp3) is 0.400. The van der Waals surface area contributed by atoms with E-state index < -0.39 is 6.10 Å². The van der Waals surface area contributed by atoms with Gasteiger partial charge < -0.3 is 10.0 Å². The van der Waals surface area contributed by atoms with Crippen LogP contribution in [0.4, 0.5) is 10.3 Å². The molecule has 0 saturated heterocycles. The average Bonchev–Trinajstić information content (AvgIpc) is 3.22. The molecule has 4 rings (SSSR count). The predicted octanol–water partition coefficient (Wildman–Crippen LogP) is 4.07. The molecule has 0 unspecified atom stereocenters. The second kappa shape index (κ2) is 8.83. The molecular formula is C25H29FN4O2S. The third-order valence-electron chi connectivity index (χ3n) is 5.87. The minimum Gasteiger partial charge on any atom is -0.387 e. The molecule has 2 aromatic heterocycles. The van der Waals surface area contributed by atoms with E-state index in [-0.39, 0.29) is 23.5 Å². The van der Waals surface area contributed by atoms with Crippen molar-refractivity contribution >= 4 is 22.9 Å². The Kier molecular flexibility index (Phi) is 6.24. The minimum atomic E-state index is -0.839. The third kappa shape index (κ3) is 4.91. The molecule has 0 bridgehead atoms. The van der Waals surface area contributed by atoms with Crippen molar-refractivity contribution < 1.29 is 9.50 Å². The quantitative estimate of drug-likeness (QED) is 0.625. The van der Waals surface area contributed by atoms with Gasteiger partial charge in [-0.3, -0.25) is 4.57 Å². The van der Waals surface area contributed by atoms with E-state index in [9.17, 15) is 14.3 Å². The SMILES string of the molecule is Cc1ccc(C2=CCN(c3nc(C)n(Cc4ccc(C(C)(C)C)s4)c(=O)n3)C[C@@H]2O)cc1F. The first kappa shape index (κ1) is 23.3. The van der Waals surface area contributed by atoms with Gasteiger partial charge in [0.1, 0.15) is 11.6 Å². The highest BCUT2D eigenvalue weighted by Gasteiger charge is 2.25. The lowest BCUT2D eigenvalue weighted by atomic mass is 9.95. The Hall–Kier alpha value is -2.84. The highest BCUT2D eigenvalue weighted by molar-refractivity contribution is 7.12. The number of aryl methyl sites for hydroxylation is 2. The van der Waals surface area contributed by atoms with E-state index in [1.165, 1.54) is 10.9 Å². The Morgan fingerprint density at radius 2 is 1.94 bits per heavy atom. The number of halogens is 1. The Morgan fingerprint density at radius 1 is 1.18 bits per heavy atom. The van der Waals surface area contributed by atoms with Crippen molar-refractivity contribution in [2.45, 2.75) is 52.7 Å². The van der Waals surface area contributed by atoms with Crippen LogP contribution < -0.4 is 10.6 Å². The molecule has 0 amide bonds. The number of benzene rings is 1. The second-order valence-electron chi connectivity index (χ2n) is 9.50. The number of aliphatic hydroxyl groups excluding tert-OH is 1. The Balaban J connectivity index is 1.55. The number of anilines is 1. The zero-order valence-electron chi connectivity index (χ0n) is 19.6. The monoisotopic (exact) mass is 468 g/mol. The molecule has 174 valence electrons. The summed E-state index contributed by atoms with van der Waals surface area (Å²) in [6, 6.07) is 9.10. The molecule has 3 heterocycles. The summed E-state index contributed by atoms with van der Waals surface area (Å²) >= 11 is 1.69. The zero-order chi connectivity index (χ0) is 23.9. The van der Waals surface area contributed by atoms with Gasteiger partial charge >= 0.3 is 5.69 Å². The summed E-state index contributed by atoms with van der Waals surface area (Å²) in [6.45, 7) is 11.1. The molecule has 8 heteroatoms. The Bertz CT molecular complexity index is 1270. The number of nitrogens with zero attached hydrogens (tertiary/aromatic N) is 4. The number of β-amino-alcohol motifs (C(OH)–C–C–N with tert-alkyl or cyclic N) is 1. The molecule has 6 nitrogen and oxygen atoms in total. The predicted molar refractivity (Wildman–Crippen MR) is 130 cm³/mol. The first-order chi connectivity index (χ1) is 15.5. The van der Waals surface area contributed by atoms with Gasteiger partial charge in [0, 0.05) is 16.3 Å². The van der Waals surface area contributed by atoms with Crippen LogP contribution in [0.2, 0.25) is 0 Å². The van der Waals surface area contributed by atoms with Crippen LogP contribution >= 0.6 is 11.3 Å². The zero-order valence-corrected chi connectivity index (χ0v) is 20.4. The molecule has 0 spiro atoms. The molecule has 33 heavy (non-hydrogen) atoms. The van der Waals surface area contributed by atoms with Crippen molar-refractivity contribution in [3.05, 3.63) is 79.4 Å². The largest absolute Gasteiger partial charge is 0.387 e. The van der Waals surface area contributed by atoms with Crippen molar-refractivity contribution in [2.24, 2.45) is 0 Å². The summed E-state index contributed by atoms with van der Waals surface area (Å²) in [7, 11) is 0. The van der Waals surface area contributed by atoms with Crippen LogP contribution in [-0.4, -0.2) is 38.8 Å². The van der Waals surface area contributed by atoms with Crippen LogP contribution in [-0.2, 0) is 12.0 Å². The van der Waals surface area contributed by atoms with Crippen LogP contribution in [0.3, 0.4) is 0 Å². The minimum absolute atomic E-state index is 0.0646. The molecule has 3 aromatic rings. The van der Waals surface area contributed by atoms with E-state index in [0.29, 0.717) is 41.6 Å². The smallest absolute Gasteiger partial charge is 0.352 e. The molecule has 0 aliphatic carbocycles. The van der Waals surface area contributed by atoms with Gasteiger partial charge in [-0.25, -0.2) is 9.18 Å². The van der Waals surface area contributed by atoms with Crippen LogP contribution in [0.1, 0.15) is 47.5 Å². The first-order valence-corrected chi connectivity index (χ1v) is 11.8. The molecule has 0 radical (unpaired) electrons. The first-order valence-electron chi connectivity index (χ1n) is 11.0. The van der Waals surface area contributed by atoms with Crippen molar-refractivity contribution in [3.63, 3.8) is 0 Å². The standard InChI is InChI=1S/C25H29FN4O2S/c1-15-6-7-17(12-20(15)26)19-10-11-29(14-21(19)31)23-27-16(2)30(24(32)28-23)13-18-8-9-22(33-18)25(3,4)5/h6-10,12,21,31H,11,13-14H2,1-5H3/t21-/m0/s1. The maximum Gasteiger partial charge on any atom is 0.352 e. The van der Waals surface area contributed by atoms with Crippen molar-refractivity contribution in [1.29, 1.82) is 0 Å². The maximum absolute atomic E-state index is 14.0. The van der Waals surface area contributed by atoms with Gasteiger partial charge in [0.25, 0.3) is 0 Å². The van der Waals surface area contributed by atoms with E-state index in [1.807, 2.05) is 12.1 Å². The van der Waals surface area contributed by atoms with Gasteiger partial charge in [-0.05, 0) is 54.2 Å². The Labute approximate surface area is 197 Å². The lowest BCUT2D eigenvalue weighted by Crippen LogP contribution is -2.40. The van der Waals surface area contributed by atoms with Crippen molar-refractivity contribution in [1.82, 2.24) is 14.5 Å². The second-order valence-corrected chi connectivity index (χ2v) is 10.7. The summed E-state index contributed by atoms with van der Waals surface area (Å²) in [4.78, 5) is 25.7. The third-order valence-corrected chi connectivity index (χ3v) is 7.36. The van der Waals surface area contributed by atoms with Gasteiger partial charge in [0.15, 0.2) is 0 Å². The number of rotatable bonds is 4. The molecule has 1 aliphatic rings. The average molecular weight is 469 g/mol. The molecular weight excluding hydrogens is 439 g/mol. The molecule has 1 atom stereocenters. The topological polar surface area (TPSA) is 71.2 Å². The molecule has 1 N–H and O–H groups in total. The van der Waals surface area contributed by atoms with E-state index in [1.54, 1.807) is 46.8 Å². The highest BCUT2D eigenvalue weighted by Crippen LogP contribution is 2.30. The number of hydrogen-bond donors (Lipinski definition) is 1. The summed E-state index contributed by atoms with van der Waals surface area (Å²) in [5.74, 6) is 0.561. The fourth-order valence-electron chi connectivity index (χ4n) is 3.83. The van der Waals surface area contributed by atoms with E-state index in [4.69, 9.17) is 0 Å². The van der Waals surface area contributed by atoms with Crippen molar-refractivity contribution in [2.75, 3.05) is 18.0 Å². The van der Waals surface area contributed by atoms with Crippen LogP contribution in [0.25, 0.3) is 5.57 Å². The Morgan fingerprint density at radius 3 is 2.55 bits per heavy atom. The molecule has 1 aromatic carbocycles. The number of hydrogen-bond acceptors (Lipinski definition) is 6. The van der Waals surface area contributed by atoms with Gasteiger partial charge in [-0.2, -0.15) is 9.97 Å². The highest BCUT2D eigenvalue weighted by atomic mass is 32.1. The van der Waals surface area contributed by atoms with Crippen molar-refractivity contribution in [3.8, 4) is 0 Å². The number of aliphatic hydroxyl groups is 1. The molecule has 0 fully saturated rings. The lowest BCUT2D eigenvalue weighted by Gasteiger charge is -2.30. The maximum atomic E-state index is 14.0. The normalized spacial score (nSPS) is 16.8. The summed E-state index contributed by atoms with van der Waals surface area (Å²) in [5.41, 5.74) is 1.58. The fourth-order valence-corrected chi connectivity index (χ4v) is 4.89. The van der Waals surface area contributed by atoms with Crippen LogP contribution in [0.15, 0.2) is 41.2 Å². The van der Waals surface area contributed by atoms with Gasteiger partial charge in [0.2, 0.25) is 5.95 Å². The summed E-state index contributed by atoms with van der Waals surface area (Å²) < 4.78 is 15.5.